The molecule has 0 rings (SSSR count). The molecule has 0 bridgehead atoms. The molecule has 110 valence electrons. The van der Waals surface area contributed by atoms with E-state index in [2.05, 4.69) is 0 Å². The quantitative estimate of drug-likeness (QED) is 0.494. The zero-order valence-electron chi connectivity index (χ0n) is 11.8. The van der Waals surface area contributed by atoms with Crippen LogP contribution in [0, 0.1) is 0 Å². The highest BCUT2D eigenvalue weighted by molar-refractivity contribution is 6.85. The van der Waals surface area contributed by atoms with E-state index in [0.717, 1.165) is 0 Å². The van der Waals surface area contributed by atoms with Gasteiger partial charge in [-0.25, -0.2) is 0 Å². The van der Waals surface area contributed by atoms with Crippen LogP contribution in [0.1, 0.15) is 0 Å². The molecule has 0 radical (unpaired) electrons. The van der Waals surface area contributed by atoms with Gasteiger partial charge in [0.05, 0.1) is 0 Å². The zero-order valence-corrected chi connectivity index (χ0v) is 13.8. The Bertz CT molecular complexity index is 213. The summed E-state index contributed by atoms with van der Waals surface area (Å²) in [6.07, 6.45) is 0. The number of hydrogen-bond acceptors (Lipinski definition) is 8. The average Bonchev–Trinajstić information content (AvgIpc) is 2.43. The fraction of sp³-hybridized carbons (Fsp3) is 1.00. The highest BCUT2D eigenvalue weighted by Crippen LogP contribution is 2.30. The van der Waals surface area contributed by atoms with E-state index < -0.39 is 22.4 Å². The molecule has 0 aliphatic rings. The van der Waals surface area contributed by atoms with Crippen LogP contribution in [0.4, 0.5) is 0 Å². The zero-order chi connectivity index (χ0) is 14.4. The summed E-state index contributed by atoms with van der Waals surface area (Å²) in [4.78, 5) is -1.31. The molecule has 0 spiro atoms. The van der Waals surface area contributed by atoms with Gasteiger partial charge in [0.2, 0.25) is 0 Å². The Kier molecular flexibility index (Phi) is 7.09. The van der Waals surface area contributed by atoms with Crippen LogP contribution in [0.5, 0.6) is 0 Å². The van der Waals surface area contributed by atoms with E-state index in [1.54, 1.807) is 0 Å². The minimum absolute atomic E-state index is 0.0313. The Hall–Kier alpha value is 0.114. The van der Waals surface area contributed by atoms with Crippen molar-refractivity contribution in [2.24, 2.45) is 11.5 Å². The Balaban J connectivity index is 5.84. The molecule has 10 heteroatoms. The second kappa shape index (κ2) is 7.05. The van der Waals surface area contributed by atoms with Gasteiger partial charge in [0.15, 0.2) is 4.79 Å². The molecule has 0 amide bonds. The Morgan fingerprint density at radius 3 is 1.06 bits per heavy atom. The second-order valence-corrected chi connectivity index (χ2v) is 10.5. The van der Waals surface area contributed by atoms with Crippen molar-refractivity contribution in [3.8, 4) is 0 Å². The molecule has 18 heavy (non-hydrogen) atoms. The first-order valence-electron chi connectivity index (χ1n) is 5.22. The van der Waals surface area contributed by atoms with Crippen LogP contribution in [0.15, 0.2) is 0 Å². The fourth-order valence-corrected chi connectivity index (χ4v) is 9.05. The van der Waals surface area contributed by atoms with Crippen molar-refractivity contribution in [1.82, 2.24) is 0 Å². The SMILES string of the molecule is CO[Si](OC)(OC)C(N)(CN)[Si](OC)(OC)OC. The molecule has 0 heterocycles. The number of nitrogens with two attached hydrogens (primary N) is 2. The van der Waals surface area contributed by atoms with Crippen LogP contribution < -0.4 is 11.5 Å². The van der Waals surface area contributed by atoms with Crippen molar-refractivity contribution >= 4 is 17.6 Å². The first-order chi connectivity index (χ1) is 8.42. The second-order valence-electron chi connectivity index (χ2n) is 3.51. The van der Waals surface area contributed by atoms with E-state index in [9.17, 15) is 0 Å². The molecule has 0 saturated heterocycles. The van der Waals surface area contributed by atoms with Gasteiger partial charge in [-0.2, -0.15) is 0 Å². The average molecular weight is 300 g/mol. The maximum absolute atomic E-state index is 6.37. The summed E-state index contributed by atoms with van der Waals surface area (Å²) in [5, 5.41) is 0. The van der Waals surface area contributed by atoms with Crippen molar-refractivity contribution in [1.29, 1.82) is 0 Å². The topological polar surface area (TPSA) is 107 Å². The van der Waals surface area contributed by atoms with E-state index in [-0.39, 0.29) is 6.54 Å². The van der Waals surface area contributed by atoms with Gasteiger partial charge in [-0.15, -0.1) is 0 Å². The van der Waals surface area contributed by atoms with Crippen LogP contribution in [0.25, 0.3) is 0 Å². The lowest BCUT2D eigenvalue weighted by Gasteiger charge is -2.46. The van der Waals surface area contributed by atoms with Crippen molar-refractivity contribution in [3.63, 3.8) is 0 Å². The summed E-state index contributed by atoms with van der Waals surface area (Å²) < 4.78 is 32.3. The molecule has 8 nitrogen and oxygen atoms in total. The Morgan fingerprint density at radius 2 is 0.944 bits per heavy atom. The minimum Gasteiger partial charge on any atom is -0.376 e. The molecule has 0 aromatic rings. The first-order valence-corrected chi connectivity index (χ1v) is 8.67. The predicted molar refractivity (Wildman–Crippen MR) is 69.5 cm³/mol. The van der Waals surface area contributed by atoms with Gasteiger partial charge in [-0.05, 0) is 0 Å². The standard InChI is InChI=1S/C8H24N2O6Si2/c1-11-17(12-2,13-3)8(10,7-9)18(14-4,15-5)16-6/h7,9-10H2,1-6H3. The van der Waals surface area contributed by atoms with E-state index in [1.165, 1.54) is 42.7 Å². The summed E-state index contributed by atoms with van der Waals surface area (Å²) >= 11 is 0. The van der Waals surface area contributed by atoms with E-state index in [1.807, 2.05) is 0 Å². The van der Waals surface area contributed by atoms with E-state index in [4.69, 9.17) is 38.0 Å². The summed E-state index contributed by atoms with van der Waals surface area (Å²) in [6, 6.07) is 0. The molecule has 0 atom stereocenters. The van der Waals surface area contributed by atoms with Gasteiger partial charge >= 0.3 is 17.6 Å². The maximum Gasteiger partial charge on any atom is 0.527 e. The minimum atomic E-state index is -3.33. The first kappa shape index (κ1) is 18.1. The molecule has 0 aliphatic heterocycles. The molecular formula is C8H24N2O6Si2. The third kappa shape index (κ3) is 2.41. The molecule has 0 aromatic heterocycles. The lowest BCUT2D eigenvalue weighted by atomic mass is 10.7. The molecule has 0 unspecified atom stereocenters. The molecule has 4 N–H and O–H groups in total. The normalized spacial score (nSPS) is 14.0. The molecule has 0 fully saturated rings. The maximum atomic E-state index is 6.37. The lowest BCUT2D eigenvalue weighted by Crippen LogP contribution is -2.85. The molecule has 0 saturated carbocycles. The van der Waals surface area contributed by atoms with Crippen molar-refractivity contribution in [2.45, 2.75) is 4.79 Å². The van der Waals surface area contributed by atoms with E-state index in [0.29, 0.717) is 0 Å². The number of hydrogen-bond donors (Lipinski definition) is 2. The smallest absolute Gasteiger partial charge is 0.376 e. The van der Waals surface area contributed by atoms with E-state index >= 15 is 0 Å². The van der Waals surface area contributed by atoms with Crippen LogP contribution >= 0.6 is 0 Å². The largest absolute Gasteiger partial charge is 0.527 e. The van der Waals surface area contributed by atoms with Crippen LogP contribution in [0.2, 0.25) is 0 Å². The predicted octanol–water partition coefficient (Wildman–Crippen LogP) is -1.52. The summed E-state index contributed by atoms with van der Waals surface area (Å²) in [7, 11) is 1.99. The summed E-state index contributed by atoms with van der Waals surface area (Å²) in [5.74, 6) is 0. The van der Waals surface area contributed by atoms with Crippen molar-refractivity contribution in [3.05, 3.63) is 0 Å². The van der Waals surface area contributed by atoms with Gasteiger partial charge in [-0.3, -0.25) is 0 Å². The fourth-order valence-electron chi connectivity index (χ4n) is 2.03. The van der Waals surface area contributed by atoms with Gasteiger partial charge in [0.25, 0.3) is 0 Å². The summed E-state index contributed by atoms with van der Waals surface area (Å²) in [5.41, 5.74) is 12.2. The lowest BCUT2D eigenvalue weighted by molar-refractivity contribution is 0.0591. The van der Waals surface area contributed by atoms with Gasteiger partial charge in [-0.1, -0.05) is 0 Å². The van der Waals surface area contributed by atoms with Crippen molar-refractivity contribution < 1.29 is 26.6 Å². The highest BCUT2D eigenvalue weighted by atomic mass is 28.5. The number of rotatable bonds is 9. The van der Waals surface area contributed by atoms with Crippen LogP contribution in [0.3, 0.4) is 0 Å². The van der Waals surface area contributed by atoms with Crippen LogP contribution in [-0.2, 0) is 26.6 Å². The van der Waals surface area contributed by atoms with Gasteiger partial charge < -0.3 is 38.0 Å². The van der Waals surface area contributed by atoms with Crippen molar-refractivity contribution in [2.75, 3.05) is 49.2 Å². The van der Waals surface area contributed by atoms with Gasteiger partial charge in [0, 0.05) is 49.2 Å². The molecule has 0 aliphatic carbocycles. The Labute approximate surface area is 110 Å². The Morgan fingerprint density at radius 1 is 0.722 bits per heavy atom. The third-order valence-corrected chi connectivity index (χ3v) is 10.7. The van der Waals surface area contributed by atoms with Gasteiger partial charge in [0.1, 0.15) is 0 Å². The summed E-state index contributed by atoms with van der Waals surface area (Å²) in [6.45, 7) is -0.0313. The molecule has 0 aromatic carbocycles. The molecular weight excluding hydrogens is 276 g/mol. The monoisotopic (exact) mass is 300 g/mol. The van der Waals surface area contributed by atoms with Crippen LogP contribution in [-0.4, -0.2) is 71.6 Å². The third-order valence-electron chi connectivity index (χ3n) is 3.03. The highest BCUT2D eigenvalue weighted by Gasteiger charge is 2.74.